The summed E-state index contributed by atoms with van der Waals surface area (Å²) in [4.78, 5) is 12.1. The number of amides is 1. The van der Waals surface area contributed by atoms with E-state index in [2.05, 4.69) is 5.32 Å². The molecule has 2 aromatic carbocycles. The molecule has 138 valence electrons. The van der Waals surface area contributed by atoms with Crippen LogP contribution in [0.25, 0.3) is 6.08 Å². The molecule has 0 unspecified atom stereocenters. The van der Waals surface area contributed by atoms with E-state index in [1.165, 1.54) is 6.08 Å². The van der Waals surface area contributed by atoms with Gasteiger partial charge in [-0.05, 0) is 43.7 Å². The van der Waals surface area contributed by atoms with Crippen LogP contribution < -0.4 is 19.5 Å². The SMILES string of the molecule is CCOc1ccccc1CNC(=O)C=Cc1ccc(OC)c(OCC)c1. The summed E-state index contributed by atoms with van der Waals surface area (Å²) in [6, 6.07) is 13.2. The molecule has 5 nitrogen and oxygen atoms in total. The Morgan fingerprint density at radius 3 is 2.46 bits per heavy atom. The van der Waals surface area contributed by atoms with Gasteiger partial charge in [0.25, 0.3) is 0 Å². The number of benzene rings is 2. The second-order valence-electron chi connectivity index (χ2n) is 5.44. The first-order valence-corrected chi connectivity index (χ1v) is 8.65. The lowest BCUT2D eigenvalue weighted by Crippen LogP contribution is -2.20. The van der Waals surface area contributed by atoms with Crippen LogP contribution in [0.15, 0.2) is 48.5 Å². The summed E-state index contributed by atoms with van der Waals surface area (Å²) in [6.45, 7) is 5.39. The van der Waals surface area contributed by atoms with Gasteiger partial charge in [0, 0.05) is 18.2 Å². The molecule has 0 saturated carbocycles. The number of rotatable bonds is 9. The minimum absolute atomic E-state index is 0.176. The van der Waals surface area contributed by atoms with Crippen molar-refractivity contribution in [2.75, 3.05) is 20.3 Å². The lowest BCUT2D eigenvalue weighted by molar-refractivity contribution is -0.116. The third kappa shape index (κ3) is 5.55. The molecule has 5 heteroatoms. The van der Waals surface area contributed by atoms with E-state index in [1.807, 2.05) is 56.3 Å². The molecular formula is C21H25NO4. The standard InChI is InChI=1S/C21H25NO4/c1-4-25-18-9-7-6-8-17(18)15-22-21(23)13-11-16-10-12-19(24-3)20(14-16)26-5-2/h6-14H,4-5,15H2,1-3H3,(H,22,23). The summed E-state index contributed by atoms with van der Waals surface area (Å²) < 4.78 is 16.4. The van der Waals surface area contributed by atoms with Crippen LogP contribution in [-0.4, -0.2) is 26.2 Å². The molecule has 2 aromatic rings. The summed E-state index contributed by atoms with van der Waals surface area (Å²) in [6.07, 6.45) is 3.24. The number of hydrogen-bond acceptors (Lipinski definition) is 4. The number of ether oxygens (including phenoxy) is 3. The van der Waals surface area contributed by atoms with Crippen molar-refractivity contribution in [2.45, 2.75) is 20.4 Å². The molecule has 2 rings (SSSR count). The van der Waals surface area contributed by atoms with Crippen LogP contribution >= 0.6 is 0 Å². The van der Waals surface area contributed by atoms with Crippen molar-refractivity contribution in [2.24, 2.45) is 0 Å². The molecule has 0 aliphatic heterocycles. The first-order chi connectivity index (χ1) is 12.7. The minimum atomic E-state index is -0.176. The van der Waals surface area contributed by atoms with Gasteiger partial charge >= 0.3 is 0 Å². The predicted octanol–water partition coefficient (Wildman–Crippen LogP) is 3.82. The van der Waals surface area contributed by atoms with Gasteiger partial charge in [0.05, 0.1) is 20.3 Å². The van der Waals surface area contributed by atoms with E-state index in [0.717, 1.165) is 16.9 Å². The van der Waals surface area contributed by atoms with E-state index in [0.29, 0.717) is 31.3 Å². The number of para-hydroxylation sites is 1. The highest BCUT2D eigenvalue weighted by atomic mass is 16.5. The fourth-order valence-electron chi connectivity index (χ4n) is 2.42. The molecule has 0 aliphatic rings. The van der Waals surface area contributed by atoms with E-state index in [9.17, 15) is 4.79 Å². The Bertz CT molecular complexity index is 755. The molecule has 0 bridgehead atoms. The number of hydrogen-bond donors (Lipinski definition) is 1. The molecule has 1 amide bonds. The number of carbonyl (C=O) groups excluding carboxylic acids is 1. The smallest absolute Gasteiger partial charge is 0.244 e. The maximum atomic E-state index is 12.1. The highest BCUT2D eigenvalue weighted by molar-refractivity contribution is 5.91. The summed E-state index contributed by atoms with van der Waals surface area (Å²) >= 11 is 0. The third-order valence-corrected chi connectivity index (χ3v) is 3.64. The fraction of sp³-hybridized carbons (Fsp3) is 0.286. The van der Waals surface area contributed by atoms with Crippen LogP contribution in [0.3, 0.4) is 0 Å². The molecule has 0 atom stereocenters. The lowest BCUT2D eigenvalue weighted by atomic mass is 10.1. The Morgan fingerprint density at radius 1 is 1.00 bits per heavy atom. The van der Waals surface area contributed by atoms with Crippen molar-refractivity contribution in [3.8, 4) is 17.2 Å². The van der Waals surface area contributed by atoms with E-state index < -0.39 is 0 Å². The van der Waals surface area contributed by atoms with Gasteiger partial charge in [0.1, 0.15) is 5.75 Å². The average Bonchev–Trinajstić information content (AvgIpc) is 2.66. The second kappa shape index (κ2) is 10.1. The molecule has 0 saturated heterocycles. The maximum absolute atomic E-state index is 12.1. The van der Waals surface area contributed by atoms with Crippen molar-refractivity contribution in [1.29, 1.82) is 0 Å². The fourth-order valence-corrected chi connectivity index (χ4v) is 2.42. The van der Waals surface area contributed by atoms with Gasteiger partial charge in [0.15, 0.2) is 11.5 Å². The van der Waals surface area contributed by atoms with E-state index in [4.69, 9.17) is 14.2 Å². The van der Waals surface area contributed by atoms with Gasteiger partial charge in [-0.25, -0.2) is 0 Å². The van der Waals surface area contributed by atoms with Crippen molar-refractivity contribution < 1.29 is 19.0 Å². The summed E-state index contributed by atoms with van der Waals surface area (Å²) in [5.41, 5.74) is 1.80. The molecule has 26 heavy (non-hydrogen) atoms. The topological polar surface area (TPSA) is 56.8 Å². The van der Waals surface area contributed by atoms with Crippen LogP contribution in [0, 0.1) is 0 Å². The van der Waals surface area contributed by atoms with Gasteiger partial charge in [-0.1, -0.05) is 24.3 Å². The Labute approximate surface area is 154 Å². The van der Waals surface area contributed by atoms with Crippen LogP contribution in [-0.2, 0) is 11.3 Å². The van der Waals surface area contributed by atoms with Gasteiger partial charge in [-0.2, -0.15) is 0 Å². The van der Waals surface area contributed by atoms with Gasteiger partial charge in [-0.15, -0.1) is 0 Å². The van der Waals surface area contributed by atoms with Crippen LogP contribution in [0.1, 0.15) is 25.0 Å². The maximum Gasteiger partial charge on any atom is 0.244 e. The zero-order chi connectivity index (χ0) is 18.8. The zero-order valence-electron chi connectivity index (χ0n) is 15.5. The van der Waals surface area contributed by atoms with Crippen molar-refractivity contribution >= 4 is 12.0 Å². The highest BCUT2D eigenvalue weighted by Gasteiger charge is 2.05. The highest BCUT2D eigenvalue weighted by Crippen LogP contribution is 2.28. The number of nitrogens with one attached hydrogen (secondary N) is 1. The Kier molecular flexibility index (Phi) is 7.55. The Balaban J connectivity index is 1.98. The Morgan fingerprint density at radius 2 is 1.73 bits per heavy atom. The minimum Gasteiger partial charge on any atom is -0.494 e. The second-order valence-corrected chi connectivity index (χ2v) is 5.44. The average molecular weight is 355 g/mol. The molecule has 0 radical (unpaired) electrons. The number of methoxy groups -OCH3 is 1. The molecule has 1 N–H and O–H groups in total. The van der Waals surface area contributed by atoms with Crippen molar-refractivity contribution in [1.82, 2.24) is 5.32 Å². The van der Waals surface area contributed by atoms with Gasteiger partial charge in [0.2, 0.25) is 5.91 Å². The van der Waals surface area contributed by atoms with Crippen molar-refractivity contribution in [3.63, 3.8) is 0 Å². The molecule has 0 fully saturated rings. The van der Waals surface area contributed by atoms with E-state index in [1.54, 1.807) is 13.2 Å². The first kappa shape index (κ1) is 19.4. The third-order valence-electron chi connectivity index (χ3n) is 3.64. The molecule has 0 aliphatic carbocycles. The van der Waals surface area contributed by atoms with Gasteiger partial charge in [-0.3, -0.25) is 4.79 Å². The van der Waals surface area contributed by atoms with Crippen molar-refractivity contribution in [3.05, 3.63) is 59.7 Å². The normalized spacial score (nSPS) is 10.6. The molecule has 0 spiro atoms. The van der Waals surface area contributed by atoms with Crippen LogP contribution in [0.2, 0.25) is 0 Å². The molecule has 0 aromatic heterocycles. The molecule has 0 heterocycles. The zero-order valence-corrected chi connectivity index (χ0v) is 15.5. The summed E-state index contributed by atoms with van der Waals surface area (Å²) in [5.74, 6) is 1.94. The first-order valence-electron chi connectivity index (χ1n) is 8.65. The van der Waals surface area contributed by atoms with Crippen LogP contribution in [0.4, 0.5) is 0 Å². The largest absolute Gasteiger partial charge is 0.494 e. The monoisotopic (exact) mass is 355 g/mol. The summed E-state index contributed by atoms with van der Waals surface area (Å²) in [7, 11) is 1.60. The lowest BCUT2D eigenvalue weighted by Gasteiger charge is -2.10. The Hall–Kier alpha value is -2.95. The van der Waals surface area contributed by atoms with E-state index in [-0.39, 0.29) is 5.91 Å². The number of carbonyl (C=O) groups is 1. The van der Waals surface area contributed by atoms with Gasteiger partial charge < -0.3 is 19.5 Å². The predicted molar refractivity (Wildman–Crippen MR) is 103 cm³/mol. The van der Waals surface area contributed by atoms with Crippen LogP contribution in [0.5, 0.6) is 17.2 Å². The van der Waals surface area contributed by atoms with E-state index >= 15 is 0 Å². The molecular weight excluding hydrogens is 330 g/mol. The summed E-state index contributed by atoms with van der Waals surface area (Å²) in [5, 5.41) is 2.87. The quantitative estimate of drug-likeness (QED) is 0.695.